The molecule has 66 valence electrons. The standard InChI is InChI=1S/C9H14N2O/c1-7-4-8(6-11-5-7)9(12)2-3-10/h4-6,9,12H,2-3,10H2,1H3/t9-/m0/s1. The number of rotatable bonds is 3. The second kappa shape index (κ2) is 4.18. The van der Waals surface area contributed by atoms with Gasteiger partial charge in [0.25, 0.3) is 0 Å². The highest BCUT2D eigenvalue weighted by Gasteiger charge is 2.05. The molecule has 3 heteroatoms. The first-order valence-electron chi connectivity index (χ1n) is 4.03. The van der Waals surface area contributed by atoms with Crippen molar-refractivity contribution in [3.05, 3.63) is 29.6 Å². The largest absolute Gasteiger partial charge is 0.388 e. The van der Waals surface area contributed by atoms with Crippen LogP contribution in [-0.4, -0.2) is 16.6 Å². The summed E-state index contributed by atoms with van der Waals surface area (Å²) >= 11 is 0. The lowest BCUT2D eigenvalue weighted by atomic mass is 10.1. The van der Waals surface area contributed by atoms with E-state index in [-0.39, 0.29) is 0 Å². The second-order valence-electron chi connectivity index (χ2n) is 2.89. The molecule has 1 atom stereocenters. The molecule has 3 nitrogen and oxygen atoms in total. The van der Waals surface area contributed by atoms with Gasteiger partial charge in [-0.3, -0.25) is 4.98 Å². The summed E-state index contributed by atoms with van der Waals surface area (Å²) in [5.41, 5.74) is 7.23. The SMILES string of the molecule is Cc1cncc([C@@H](O)CCN)c1. The quantitative estimate of drug-likeness (QED) is 0.697. The highest BCUT2D eigenvalue weighted by Crippen LogP contribution is 2.15. The molecule has 0 spiro atoms. The molecule has 0 aliphatic heterocycles. The van der Waals surface area contributed by atoms with E-state index in [0.29, 0.717) is 13.0 Å². The minimum atomic E-state index is -0.470. The van der Waals surface area contributed by atoms with Crippen LogP contribution >= 0.6 is 0 Å². The summed E-state index contributed by atoms with van der Waals surface area (Å²) < 4.78 is 0. The Hall–Kier alpha value is -0.930. The molecule has 1 aromatic heterocycles. The van der Waals surface area contributed by atoms with E-state index in [2.05, 4.69) is 4.98 Å². The third kappa shape index (κ3) is 2.29. The summed E-state index contributed by atoms with van der Waals surface area (Å²) in [6.45, 7) is 2.45. The molecular formula is C9H14N2O. The molecule has 0 bridgehead atoms. The van der Waals surface area contributed by atoms with Gasteiger partial charge in [0.2, 0.25) is 0 Å². The van der Waals surface area contributed by atoms with Crippen molar-refractivity contribution in [2.45, 2.75) is 19.4 Å². The van der Waals surface area contributed by atoms with E-state index in [1.165, 1.54) is 0 Å². The van der Waals surface area contributed by atoms with Gasteiger partial charge < -0.3 is 10.8 Å². The van der Waals surface area contributed by atoms with Gasteiger partial charge in [-0.1, -0.05) is 6.07 Å². The number of aliphatic hydroxyl groups excluding tert-OH is 1. The van der Waals surface area contributed by atoms with Gasteiger partial charge in [-0.25, -0.2) is 0 Å². The van der Waals surface area contributed by atoms with Crippen LogP contribution in [0.3, 0.4) is 0 Å². The summed E-state index contributed by atoms with van der Waals surface area (Å²) in [6, 6.07) is 1.92. The van der Waals surface area contributed by atoms with Crippen LogP contribution in [0.2, 0.25) is 0 Å². The Labute approximate surface area is 72.2 Å². The van der Waals surface area contributed by atoms with E-state index in [1.807, 2.05) is 13.0 Å². The topological polar surface area (TPSA) is 59.1 Å². The number of nitrogens with two attached hydrogens (primary N) is 1. The lowest BCUT2D eigenvalue weighted by Gasteiger charge is -2.08. The Morgan fingerprint density at radius 2 is 2.33 bits per heavy atom. The minimum absolute atomic E-state index is 0.470. The van der Waals surface area contributed by atoms with E-state index in [1.54, 1.807) is 12.4 Å². The third-order valence-electron chi connectivity index (χ3n) is 1.72. The summed E-state index contributed by atoms with van der Waals surface area (Å²) in [7, 11) is 0. The molecule has 0 aliphatic rings. The van der Waals surface area contributed by atoms with E-state index in [0.717, 1.165) is 11.1 Å². The van der Waals surface area contributed by atoms with Crippen LogP contribution in [0.4, 0.5) is 0 Å². The molecule has 0 radical (unpaired) electrons. The molecule has 0 aromatic carbocycles. The van der Waals surface area contributed by atoms with Crippen molar-refractivity contribution in [1.29, 1.82) is 0 Å². The van der Waals surface area contributed by atoms with Crippen molar-refractivity contribution >= 4 is 0 Å². The smallest absolute Gasteiger partial charge is 0.0817 e. The lowest BCUT2D eigenvalue weighted by molar-refractivity contribution is 0.170. The highest BCUT2D eigenvalue weighted by atomic mass is 16.3. The average Bonchev–Trinajstić information content (AvgIpc) is 2.05. The van der Waals surface area contributed by atoms with Crippen LogP contribution in [0, 0.1) is 6.92 Å². The summed E-state index contributed by atoms with van der Waals surface area (Å²) in [4.78, 5) is 3.99. The molecule has 0 unspecified atom stereocenters. The van der Waals surface area contributed by atoms with Crippen molar-refractivity contribution in [1.82, 2.24) is 4.98 Å². The Kier molecular flexibility index (Phi) is 3.19. The average molecular weight is 166 g/mol. The van der Waals surface area contributed by atoms with Crippen molar-refractivity contribution in [2.24, 2.45) is 5.73 Å². The molecule has 0 fully saturated rings. The zero-order valence-electron chi connectivity index (χ0n) is 7.20. The number of aromatic nitrogens is 1. The van der Waals surface area contributed by atoms with Crippen LogP contribution in [0.5, 0.6) is 0 Å². The van der Waals surface area contributed by atoms with Gasteiger partial charge in [0, 0.05) is 12.4 Å². The molecular weight excluding hydrogens is 152 g/mol. The molecule has 0 amide bonds. The maximum Gasteiger partial charge on any atom is 0.0817 e. The molecule has 1 aromatic rings. The predicted molar refractivity (Wildman–Crippen MR) is 47.6 cm³/mol. The zero-order valence-corrected chi connectivity index (χ0v) is 7.20. The van der Waals surface area contributed by atoms with E-state index >= 15 is 0 Å². The minimum Gasteiger partial charge on any atom is -0.388 e. The number of aryl methyl sites for hydroxylation is 1. The first-order valence-corrected chi connectivity index (χ1v) is 4.03. The fraction of sp³-hybridized carbons (Fsp3) is 0.444. The second-order valence-corrected chi connectivity index (χ2v) is 2.89. The molecule has 0 saturated heterocycles. The fourth-order valence-electron chi connectivity index (χ4n) is 1.09. The van der Waals surface area contributed by atoms with E-state index in [9.17, 15) is 5.11 Å². The molecule has 12 heavy (non-hydrogen) atoms. The van der Waals surface area contributed by atoms with Gasteiger partial charge in [-0.2, -0.15) is 0 Å². The number of nitrogens with zero attached hydrogens (tertiary/aromatic N) is 1. The molecule has 1 heterocycles. The predicted octanol–water partition coefficient (Wildman–Crippen LogP) is 0.772. The van der Waals surface area contributed by atoms with Gasteiger partial charge in [0.05, 0.1) is 6.10 Å². The van der Waals surface area contributed by atoms with Crippen molar-refractivity contribution in [3.8, 4) is 0 Å². The molecule has 1 rings (SSSR count). The van der Waals surface area contributed by atoms with Gasteiger partial charge in [0.1, 0.15) is 0 Å². The van der Waals surface area contributed by atoms with Crippen molar-refractivity contribution < 1.29 is 5.11 Å². The van der Waals surface area contributed by atoms with E-state index < -0.39 is 6.10 Å². The number of aliphatic hydroxyl groups is 1. The lowest BCUT2D eigenvalue weighted by Crippen LogP contribution is -2.07. The first kappa shape index (κ1) is 9.16. The summed E-state index contributed by atoms with van der Waals surface area (Å²) in [5.74, 6) is 0. The third-order valence-corrected chi connectivity index (χ3v) is 1.72. The first-order chi connectivity index (χ1) is 5.74. The summed E-state index contributed by atoms with van der Waals surface area (Å²) in [5, 5.41) is 9.52. The van der Waals surface area contributed by atoms with Crippen molar-refractivity contribution in [3.63, 3.8) is 0 Å². The molecule has 0 aliphatic carbocycles. The normalized spacial score (nSPS) is 12.9. The van der Waals surface area contributed by atoms with Crippen LogP contribution in [0.15, 0.2) is 18.5 Å². The maximum atomic E-state index is 9.52. The Bertz CT molecular complexity index is 250. The maximum absolute atomic E-state index is 9.52. The van der Waals surface area contributed by atoms with Crippen LogP contribution < -0.4 is 5.73 Å². The van der Waals surface area contributed by atoms with Crippen LogP contribution in [0.1, 0.15) is 23.7 Å². The van der Waals surface area contributed by atoms with E-state index in [4.69, 9.17) is 5.73 Å². The number of pyridine rings is 1. The summed E-state index contributed by atoms with van der Waals surface area (Å²) in [6.07, 6.45) is 3.55. The van der Waals surface area contributed by atoms with Crippen LogP contribution in [-0.2, 0) is 0 Å². The van der Waals surface area contributed by atoms with Gasteiger partial charge >= 0.3 is 0 Å². The van der Waals surface area contributed by atoms with Gasteiger partial charge in [0.15, 0.2) is 0 Å². The Morgan fingerprint density at radius 3 is 2.92 bits per heavy atom. The zero-order chi connectivity index (χ0) is 8.97. The molecule has 3 N–H and O–H groups in total. The monoisotopic (exact) mass is 166 g/mol. The number of hydrogen-bond acceptors (Lipinski definition) is 3. The van der Waals surface area contributed by atoms with Gasteiger partial charge in [-0.15, -0.1) is 0 Å². The number of hydrogen-bond donors (Lipinski definition) is 2. The molecule has 0 saturated carbocycles. The fourth-order valence-corrected chi connectivity index (χ4v) is 1.09. The Morgan fingerprint density at radius 1 is 1.58 bits per heavy atom. The highest BCUT2D eigenvalue weighted by molar-refractivity contribution is 5.18. The van der Waals surface area contributed by atoms with Crippen LogP contribution in [0.25, 0.3) is 0 Å². The Balaban J connectivity index is 2.73. The van der Waals surface area contributed by atoms with Crippen molar-refractivity contribution in [2.75, 3.05) is 6.54 Å². The van der Waals surface area contributed by atoms with Gasteiger partial charge in [-0.05, 0) is 31.0 Å².